The molecule has 0 aliphatic carbocycles. The zero-order chi connectivity index (χ0) is 11.3. The van der Waals surface area contributed by atoms with Gasteiger partial charge in [0.2, 0.25) is 5.88 Å². The highest BCUT2D eigenvalue weighted by Gasteiger charge is 2.09. The van der Waals surface area contributed by atoms with Crippen LogP contribution in [0.1, 0.15) is 12.7 Å². The first kappa shape index (κ1) is 11.2. The Bertz CT molecular complexity index is 354. The van der Waals surface area contributed by atoms with Crippen molar-refractivity contribution in [3.63, 3.8) is 0 Å². The van der Waals surface area contributed by atoms with Gasteiger partial charge in [0.05, 0.1) is 13.7 Å². The maximum absolute atomic E-state index is 11.1. The van der Waals surface area contributed by atoms with Crippen LogP contribution in [0.25, 0.3) is 0 Å². The Hall–Kier alpha value is -1.85. The molecule has 0 radical (unpaired) electrons. The minimum Gasteiger partial charge on any atom is -0.481 e. The summed E-state index contributed by atoms with van der Waals surface area (Å²) in [6, 6.07) is 1.48. The highest BCUT2D eigenvalue weighted by Crippen LogP contribution is 2.10. The van der Waals surface area contributed by atoms with Crippen LogP contribution >= 0.6 is 0 Å². The maximum Gasteiger partial charge on any atom is 0.313 e. The van der Waals surface area contributed by atoms with Gasteiger partial charge in [0, 0.05) is 6.07 Å². The number of rotatable bonds is 4. The molecule has 1 aromatic heterocycles. The fraction of sp³-hybridized carbons (Fsp3) is 0.444. The van der Waals surface area contributed by atoms with Gasteiger partial charge in [-0.15, -0.1) is 0 Å². The van der Waals surface area contributed by atoms with E-state index >= 15 is 0 Å². The SMILES string of the molecule is CCOC(=O)Cc1nc(N)cc(OC)n1. The lowest BCUT2D eigenvalue weighted by Gasteiger charge is -2.04. The monoisotopic (exact) mass is 211 g/mol. The second kappa shape index (κ2) is 5.14. The highest BCUT2D eigenvalue weighted by atomic mass is 16.5. The van der Waals surface area contributed by atoms with Crippen LogP contribution in [0.4, 0.5) is 5.82 Å². The molecule has 6 heteroatoms. The number of hydrogen-bond acceptors (Lipinski definition) is 6. The van der Waals surface area contributed by atoms with E-state index in [1.54, 1.807) is 6.92 Å². The molecule has 0 aliphatic rings. The normalized spacial score (nSPS) is 9.73. The maximum atomic E-state index is 11.1. The van der Waals surface area contributed by atoms with E-state index in [-0.39, 0.29) is 18.2 Å². The molecule has 0 aromatic carbocycles. The number of methoxy groups -OCH3 is 1. The molecule has 0 bridgehead atoms. The van der Waals surface area contributed by atoms with E-state index in [2.05, 4.69) is 9.97 Å². The van der Waals surface area contributed by atoms with E-state index in [0.717, 1.165) is 0 Å². The predicted octanol–water partition coefficient (Wildman–Crippen LogP) is 0.173. The van der Waals surface area contributed by atoms with Crippen LogP contribution in [-0.2, 0) is 16.0 Å². The first-order chi connectivity index (χ1) is 7.15. The molecule has 0 aliphatic heterocycles. The Morgan fingerprint density at radius 3 is 2.87 bits per heavy atom. The fourth-order valence-electron chi connectivity index (χ4n) is 1.02. The summed E-state index contributed by atoms with van der Waals surface area (Å²) in [5.74, 6) is 0.512. The van der Waals surface area contributed by atoms with E-state index in [9.17, 15) is 4.79 Å². The molecule has 0 spiro atoms. The second-order valence-electron chi connectivity index (χ2n) is 2.73. The molecular weight excluding hydrogens is 198 g/mol. The van der Waals surface area contributed by atoms with Gasteiger partial charge in [-0.25, -0.2) is 4.98 Å². The Morgan fingerprint density at radius 2 is 2.27 bits per heavy atom. The zero-order valence-electron chi connectivity index (χ0n) is 8.69. The molecule has 6 nitrogen and oxygen atoms in total. The standard InChI is InChI=1S/C9H13N3O3/c1-3-15-9(13)5-7-11-6(10)4-8(12-7)14-2/h4H,3,5H2,1-2H3,(H2,10,11,12). The highest BCUT2D eigenvalue weighted by molar-refractivity contribution is 5.71. The molecule has 15 heavy (non-hydrogen) atoms. The number of nitrogens with zero attached hydrogens (tertiary/aromatic N) is 2. The molecule has 0 saturated heterocycles. The van der Waals surface area contributed by atoms with Gasteiger partial charge in [0.15, 0.2) is 0 Å². The average molecular weight is 211 g/mol. The van der Waals surface area contributed by atoms with Gasteiger partial charge in [-0.2, -0.15) is 4.98 Å². The number of ether oxygens (including phenoxy) is 2. The number of esters is 1. The predicted molar refractivity (Wildman–Crippen MR) is 53.3 cm³/mol. The molecule has 1 aromatic rings. The van der Waals surface area contributed by atoms with Crippen molar-refractivity contribution >= 4 is 11.8 Å². The van der Waals surface area contributed by atoms with Crippen molar-refractivity contribution in [1.29, 1.82) is 0 Å². The van der Waals surface area contributed by atoms with Crippen LogP contribution in [0.2, 0.25) is 0 Å². The van der Waals surface area contributed by atoms with Gasteiger partial charge in [-0.3, -0.25) is 4.79 Å². The van der Waals surface area contributed by atoms with Crippen molar-refractivity contribution in [3.05, 3.63) is 11.9 Å². The largest absolute Gasteiger partial charge is 0.481 e. The molecule has 0 atom stereocenters. The van der Waals surface area contributed by atoms with Gasteiger partial charge >= 0.3 is 5.97 Å². The number of carbonyl (C=O) groups is 1. The summed E-state index contributed by atoms with van der Waals surface area (Å²) in [6.07, 6.45) is -0.00472. The molecule has 2 N–H and O–H groups in total. The number of nitrogens with two attached hydrogens (primary N) is 1. The average Bonchev–Trinajstić information content (AvgIpc) is 2.17. The Balaban J connectivity index is 2.76. The summed E-state index contributed by atoms with van der Waals surface area (Å²) in [7, 11) is 1.47. The molecule has 1 heterocycles. The first-order valence-electron chi connectivity index (χ1n) is 4.48. The van der Waals surface area contributed by atoms with Crippen LogP contribution in [-0.4, -0.2) is 29.7 Å². The summed E-state index contributed by atoms with van der Waals surface area (Å²) in [5.41, 5.74) is 5.50. The third-order valence-electron chi connectivity index (χ3n) is 1.59. The molecule has 0 saturated carbocycles. The Kier molecular flexibility index (Phi) is 3.84. The molecule has 0 amide bonds. The van der Waals surface area contributed by atoms with Crippen LogP contribution in [0.5, 0.6) is 5.88 Å². The van der Waals surface area contributed by atoms with Crippen molar-refractivity contribution in [3.8, 4) is 5.88 Å². The fourth-order valence-corrected chi connectivity index (χ4v) is 1.02. The zero-order valence-corrected chi connectivity index (χ0v) is 8.69. The third-order valence-corrected chi connectivity index (χ3v) is 1.59. The summed E-state index contributed by atoms with van der Waals surface area (Å²) < 4.78 is 9.65. The third kappa shape index (κ3) is 3.41. The molecule has 82 valence electrons. The number of carbonyl (C=O) groups excluding carboxylic acids is 1. The van der Waals surface area contributed by atoms with Gasteiger partial charge < -0.3 is 15.2 Å². The minimum absolute atomic E-state index is 0.00472. The van der Waals surface area contributed by atoms with Crippen LogP contribution in [0.3, 0.4) is 0 Å². The summed E-state index contributed by atoms with van der Waals surface area (Å²) in [5, 5.41) is 0. The lowest BCUT2D eigenvalue weighted by molar-refractivity contribution is -0.142. The van der Waals surface area contributed by atoms with Gasteiger partial charge in [0.1, 0.15) is 18.1 Å². The van der Waals surface area contributed by atoms with E-state index in [4.69, 9.17) is 15.2 Å². The first-order valence-corrected chi connectivity index (χ1v) is 4.48. The molecule has 0 fully saturated rings. The van der Waals surface area contributed by atoms with Crippen molar-refractivity contribution in [1.82, 2.24) is 9.97 Å². The number of hydrogen-bond donors (Lipinski definition) is 1. The van der Waals surface area contributed by atoms with Gasteiger partial charge in [0.25, 0.3) is 0 Å². The van der Waals surface area contributed by atoms with E-state index in [0.29, 0.717) is 18.3 Å². The summed E-state index contributed by atoms with van der Waals surface area (Å²) in [4.78, 5) is 19.0. The number of anilines is 1. The molecule has 1 rings (SSSR count). The smallest absolute Gasteiger partial charge is 0.313 e. The summed E-state index contributed by atoms with van der Waals surface area (Å²) >= 11 is 0. The van der Waals surface area contributed by atoms with Gasteiger partial charge in [-0.05, 0) is 6.92 Å². The van der Waals surface area contributed by atoms with Crippen LogP contribution < -0.4 is 10.5 Å². The van der Waals surface area contributed by atoms with Crippen molar-refractivity contribution in [2.45, 2.75) is 13.3 Å². The van der Waals surface area contributed by atoms with Crippen LogP contribution in [0, 0.1) is 0 Å². The summed E-state index contributed by atoms with van der Waals surface area (Å²) in [6.45, 7) is 2.07. The topological polar surface area (TPSA) is 87.3 Å². The Labute approximate surface area is 87.4 Å². The van der Waals surface area contributed by atoms with Crippen molar-refractivity contribution in [2.75, 3.05) is 19.5 Å². The van der Waals surface area contributed by atoms with E-state index < -0.39 is 0 Å². The number of aromatic nitrogens is 2. The van der Waals surface area contributed by atoms with E-state index in [1.165, 1.54) is 13.2 Å². The lowest BCUT2D eigenvalue weighted by atomic mass is 10.4. The molecule has 0 unspecified atom stereocenters. The number of nitrogen functional groups attached to an aromatic ring is 1. The lowest BCUT2D eigenvalue weighted by Crippen LogP contribution is -2.11. The van der Waals surface area contributed by atoms with Crippen molar-refractivity contribution < 1.29 is 14.3 Å². The van der Waals surface area contributed by atoms with Crippen LogP contribution in [0.15, 0.2) is 6.07 Å². The minimum atomic E-state index is -0.384. The van der Waals surface area contributed by atoms with Crippen molar-refractivity contribution in [2.24, 2.45) is 0 Å². The van der Waals surface area contributed by atoms with E-state index in [1.807, 2.05) is 0 Å². The van der Waals surface area contributed by atoms with Gasteiger partial charge in [-0.1, -0.05) is 0 Å². The quantitative estimate of drug-likeness (QED) is 0.714. The molecular formula is C9H13N3O3. The second-order valence-corrected chi connectivity index (χ2v) is 2.73. The Morgan fingerprint density at radius 1 is 1.53 bits per heavy atom.